The smallest absolute Gasteiger partial charge is 0.119 e. The van der Waals surface area contributed by atoms with Gasteiger partial charge in [-0.3, -0.25) is 0 Å². The first-order valence-electron chi connectivity index (χ1n) is 11.0. The summed E-state index contributed by atoms with van der Waals surface area (Å²) in [6.45, 7) is 5.42. The van der Waals surface area contributed by atoms with Crippen molar-refractivity contribution in [3.05, 3.63) is 29.8 Å². The number of ether oxygens (including phenoxy) is 1. The molecule has 2 aliphatic carbocycles. The summed E-state index contributed by atoms with van der Waals surface area (Å²) in [6, 6.07) is 8.31. The van der Waals surface area contributed by atoms with Crippen LogP contribution >= 0.6 is 0 Å². The Morgan fingerprint density at radius 3 is 2.12 bits per heavy atom. The maximum Gasteiger partial charge on any atom is 0.119 e. The lowest BCUT2D eigenvalue weighted by atomic mass is 9.69. The standard InChI is InChI=1S/C25H36O/c1-3-4-19-26-25-17-11-22(12-18-25)8-7-21-9-15-24(16-10-21)23-13-5-20(2)6-14-23/h11-12,17-18,20-21,23-24H,3-6,9-10,13-16,19H2,1-2H3/t20-,21-,23-,24-. The van der Waals surface area contributed by atoms with Gasteiger partial charge in [-0.15, -0.1) is 0 Å². The van der Waals surface area contributed by atoms with Gasteiger partial charge in [-0.05, 0) is 87.0 Å². The van der Waals surface area contributed by atoms with Gasteiger partial charge in [0.25, 0.3) is 0 Å². The Bertz CT molecular complexity index is 575. The van der Waals surface area contributed by atoms with E-state index in [9.17, 15) is 0 Å². The molecule has 0 atom stereocenters. The zero-order chi connectivity index (χ0) is 18.2. The number of unbranched alkanes of at least 4 members (excludes halogenated alkanes) is 1. The summed E-state index contributed by atoms with van der Waals surface area (Å²) in [6.07, 6.45) is 13.6. The van der Waals surface area contributed by atoms with Gasteiger partial charge in [-0.2, -0.15) is 0 Å². The first-order valence-corrected chi connectivity index (χ1v) is 11.0. The molecule has 0 aromatic heterocycles. The molecule has 2 fully saturated rings. The molecule has 26 heavy (non-hydrogen) atoms. The van der Waals surface area contributed by atoms with E-state index in [-0.39, 0.29) is 0 Å². The van der Waals surface area contributed by atoms with E-state index in [1.165, 1.54) is 57.8 Å². The Kier molecular flexibility index (Phi) is 7.48. The molecule has 1 nitrogen and oxygen atoms in total. The lowest BCUT2D eigenvalue weighted by Crippen LogP contribution is -2.24. The molecule has 1 aromatic carbocycles. The fraction of sp³-hybridized carbons (Fsp3) is 0.680. The molecule has 2 aliphatic rings. The molecule has 142 valence electrons. The van der Waals surface area contributed by atoms with Crippen LogP contribution in [0.4, 0.5) is 0 Å². The minimum Gasteiger partial charge on any atom is -0.494 e. The fourth-order valence-corrected chi connectivity index (χ4v) is 4.65. The van der Waals surface area contributed by atoms with Crippen molar-refractivity contribution < 1.29 is 4.74 Å². The summed E-state index contributed by atoms with van der Waals surface area (Å²) in [5.74, 6) is 11.5. The topological polar surface area (TPSA) is 9.23 Å². The second-order valence-corrected chi connectivity index (χ2v) is 8.63. The van der Waals surface area contributed by atoms with Crippen molar-refractivity contribution >= 4 is 0 Å². The van der Waals surface area contributed by atoms with Crippen LogP contribution in [0.3, 0.4) is 0 Å². The van der Waals surface area contributed by atoms with Crippen LogP contribution in [0.1, 0.15) is 83.6 Å². The van der Waals surface area contributed by atoms with E-state index in [0.29, 0.717) is 5.92 Å². The molecule has 0 N–H and O–H groups in total. The van der Waals surface area contributed by atoms with Crippen LogP contribution in [-0.4, -0.2) is 6.61 Å². The molecule has 0 amide bonds. The Morgan fingerprint density at radius 2 is 1.50 bits per heavy atom. The van der Waals surface area contributed by atoms with Crippen LogP contribution in [0.25, 0.3) is 0 Å². The van der Waals surface area contributed by atoms with E-state index >= 15 is 0 Å². The first kappa shape index (κ1) is 19.3. The molecular formula is C25H36O. The minimum atomic E-state index is 0.606. The van der Waals surface area contributed by atoms with Gasteiger partial charge < -0.3 is 4.74 Å². The molecular weight excluding hydrogens is 316 g/mol. The van der Waals surface area contributed by atoms with Gasteiger partial charge in [0, 0.05) is 11.5 Å². The summed E-state index contributed by atoms with van der Waals surface area (Å²) in [5, 5.41) is 0. The summed E-state index contributed by atoms with van der Waals surface area (Å²) < 4.78 is 5.72. The van der Waals surface area contributed by atoms with E-state index in [4.69, 9.17) is 4.74 Å². The third-order valence-electron chi connectivity index (χ3n) is 6.54. The first-order chi connectivity index (χ1) is 12.7. The van der Waals surface area contributed by atoms with E-state index in [2.05, 4.69) is 50.0 Å². The van der Waals surface area contributed by atoms with Crippen LogP contribution in [0, 0.1) is 35.5 Å². The Labute approximate surface area is 160 Å². The minimum absolute atomic E-state index is 0.606. The largest absolute Gasteiger partial charge is 0.494 e. The number of hydrogen-bond acceptors (Lipinski definition) is 1. The highest BCUT2D eigenvalue weighted by molar-refractivity contribution is 5.38. The lowest BCUT2D eigenvalue weighted by Gasteiger charge is -2.36. The molecule has 1 heteroatoms. The molecule has 0 radical (unpaired) electrons. The second-order valence-electron chi connectivity index (χ2n) is 8.63. The maximum absolute atomic E-state index is 5.72. The van der Waals surface area contributed by atoms with Crippen LogP contribution in [0.15, 0.2) is 24.3 Å². The predicted octanol–water partition coefficient (Wildman–Crippen LogP) is 6.85. The molecule has 0 unspecified atom stereocenters. The molecule has 0 bridgehead atoms. The monoisotopic (exact) mass is 352 g/mol. The molecule has 1 aromatic rings. The van der Waals surface area contributed by atoms with E-state index in [1.54, 1.807) is 0 Å². The van der Waals surface area contributed by atoms with E-state index in [1.807, 2.05) is 0 Å². The summed E-state index contributed by atoms with van der Waals surface area (Å²) in [5.41, 5.74) is 1.12. The molecule has 3 rings (SSSR count). The molecule has 0 saturated heterocycles. The van der Waals surface area contributed by atoms with Crippen LogP contribution < -0.4 is 4.74 Å². The predicted molar refractivity (Wildman–Crippen MR) is 110 cm³/mol. The zero-order valence-corrected chi connectivity index (χ0v) is 16.8. The fourth-order valence-electron chi connectivity index (χ4n) is 4.65. The number of benzene rings is 1. The normalized spacial score (nSPS) is 28.8. The third-order valence-corrected chi connectivity index (χ3v) is 6.54. The Hall–Kier alpha value is -1.42. The van der Waals surface area contributed by atoms with Crippen molar-refractivity contribution in [3.8, 4) is 17.6 Å². The van der Waals surface area contributed by atoms with Crippen LogP contribution in [-0.2, 0) is 0 Å². The van der Waals surface area contributed by atoms with Gasteiger partial charge in [-0.1, -0.05) is 45.0 Å². The van der Waals surface area contributed by atoms with E-state index in [0.717, 1.165) is 42.1 Å². The highest BCUT2D eigenvalue weighted by Crippen LogP contribution is 2.41. The van der Waals surface area contributed by atoms with Gasteiger partial charge in [0.05, 0.1) is 6.61 Å². The quantitative estimate of drug-likeness (QED) is 0.416. The number of rotatable bonds is 5. The zero-order valence-electron chi connectivity index (χ0n) is 16.8. The van der Waals surface area contributed by atoms with Crippen molar-refractivity contribution in [3.63, 3.8) is 0 Å². The SMILES string of the molecule is CCCCOc1ccc(C#C[C@H]2CC[C@H]([C@H]3CC[C@H](C)CC3)CC2)cc1. The average molecular weight is 353 g/mol. The molecule has 0 heterocycles. The van der Waals surface area contributed by atoms with Gasteiger partial charge in [0.2, 0.25) is 0 Å². The highest BCUT2D eigenvalue weighted by Gasteiger charge is 2.29. The maximum atomic E-state index is 5.72. The molecule has 0 aliphatic heterocycles. The average Bonchev–Trinajstić information content (AvgIpc) is 2.69. The van der Waals surface area contributed by atoms with Gasteiger partial charge >= 0.3 is 0 Å². The highest BCUT2D eigenvalue weighted by atomic mass is 16.5. The number of hydrogen-bond donors (Lipinski definition) is 0. The second kappa shape index (κ2) is 10.1. The molecule has 2 saturated carbocycles. The van der Waals surface area contributed by atoms with Crippen molar-refractivity contribution in [2.75, 3.05) is 6.61 Å². The van der Waals surface area contributed by atoms with Gasteiger partial charge in [0.1, 0.15) is 5.75 Å². The lowest BCUT2D eigenvalue weighted by molar-refractivity contribution is 0.162. The van der Waals surface area contributed by atoms with E-state index < -0.39 is 0 Å². The van der Waals surface area contributed by atoms with Crippen molar-refractivity contribution in [2.24, 2.45) is 23.7 Å². The van der Waals surface area contributed by atoms with Crippen molar-refractivity contribution in [1.29, 1.82) is 0 Å². The third kappa shape index (κ3) is 5.80. The summed E-state index contributed by atoms with van der Waals surface area (Å²) in [7, 11) is 0. The van der Waals surface area contributed by atoms with Crippen LogP contribution in [0.2, 0.25) is 0 Å². The van der Waals surface area contributed by atoms with Gasteiger partial charge in [-0.25, -0.2) is 0 Å². The van der Waals surface area contributed by atoms with Crippen LogP contribution in [0.5, 0.6) is 5.75 Å². The molecule has 0 spiro atoms. The Balaban J connectivity index is 1.43. The Morgan fingerprint density at radius 1 is 0.885 bits per heavy atom. The van der Waals surface area contributed by atoms with Crippen molar-refractivity contribution in [1.82, 2.24) is 0 Å². The van der Waals surface area contributed by atoms with Gasteiger partial charge in [0.15, 0.2) is 0 Å². The summed E-state index contributed by atoms with van der Waals surface area (Å²) in [4.78, 5) is 0. The summed E-state index contributed by atoms with van der Waals surface area (Å²) >= 11 is 0. The van der Waals surface area contributed by atoms with Crippen molar-refractivity contribution in [2.45, 2.75) is 78.1 Å².